The van der Waals surface area contributed by atoms with Gasteiger partial charge in [-0.3, -0.25) is 4.68 Å². The first kappa shape index (κ1) is 14.7. The molecule has 0 amide bonds. The maximum absolute atomic E-state index is 13.3. The standard InChI is InChI=1S/C15H18FN3S/c1-4-13-9(2)18-19(10(13)3)8-11-5-6-12(16)7-14(11)15(17)20/h5-7H,4,8H2,1-3H3,(H2,17,20). The van der Waals surface area contributed by atoms with Gasteiger partial charge in [0.25, 0.3) is 0 Å². The highest BCUT2D eigenvalue weighted by atomic mass is 32.1. The summed E-state index contributed by atoms with van der Waals surface area (Å²) >= 11 is 4.99. The predicted octanol–water partition coefficient (Wildman–Crippen LogP) is 2.88. The Labute approximate surface area is 123 Å². The molecule has 0 radical (unpaired) electrons. The Morgan fingerprint density at radius 2 is 2.10 bits per heavy atom. The molecule has 0 spiro atoms. The fraction of sp³-hybridized carbons (Fsp3) is 0.333. The van der Waals surface area contributed by atoms with E-state index in [2.05, 4.69) is 12.0 Å². The van der Waals surface area contributed by atoms with Crippen LogP contribution in [0.4, 0.5) is 4.39 Å². The third-order valence-corrected chi connectivity index (χ3v) is 3.76. The van der Waals surface area contributed by atoms with Crippen LogP contribution in [0.15, 0.2) is 18.2 Å². The molecule has 1 heterocycles. The second-order valence-corrected chi connectivity index (χ2v) is 5.27. The van der Waals surface area contributed by atoms with Gasteiger partial charge < -0.3 is 5.73 Å². The van der Waals surface area contributed by atoms with E-state index in [0.717, 1.165) is 23.4 Å². The molecule has 5 heteroatoms. The van der Waals surface area contributed by atoms with Gasteiger partial charge >= 0.3 is 0 Å². The number of hydrogen-bond donors (Lipinski definition) is 1. The molecule has 0 aliphatic heterocycles. The lowest BCUT2D eigenvalue weighted by atomic mass is 10.1. The Balaban J connectivity index is 2.42. The van der Waals surface area contributed by atoms with Crippen LogP contribution in [0.5, 0.6) is 0 Å². The fourth-order valence-corrected chi connectivity index (χ4v) is 2.67. The van der Waals surface area contributed by atoms with Crippen LogP contribution in [0.2, 0.25) is 0 Å². The van der Waals surface area contributed by atoms with E-state index in [1.807, 2.05) is 18.5 Å². The number of rotatable bonds is 4. The van der Waals surface area contributed by atoms with Crippen LogP contribution in [-0.4, -0.2) is 14.8 Å². The maximum atomic E-state index is 13.3. The maximum Gasteiger partial charge on any atom is 0.123 e. The second-order valence-electron chi connectivity index (χ2n) is 4.83. The highest BCUT2D eigenvalue weighted by Gasteiger charge is 2.13. The van der Waals surface area contributed by atoms with Gasteiger partial charge in [-0.05, 0) is 43.5 Å². The molecule has 0 bridgehead atoms. The lowest BCUT2D eigenvalue weighted by Crippen LogP contribution is -2.15. The minimum atomic E-state index is -0.334. The number of thiocarbonyl (C=S) groups is 1. The van der Waals surface area contributed by atoms with Crippen LogP contribution in [0, 0.1) is 19.7 Å². The van der Waals surface area contributed by atoms with Crippen molar-refractivity contribution in [1.82, 2.24) is 9.78 Å². The van der Waals surface area contributed by atoms with Crippen molar-refractivity contribution in [2.24, 2.45) is 5.73 Å². The molecule has 0 unspecified atom stereocenters. The third kappa shape index (κ3) is 2.72. The van der Waals surface area contributed by atoms with Gasteiger partial charge in [-0.25, -0.2) is 4.39 Å². The van der Waals surface area contributed by atoms with Gasteiger partial charge in [0.15, 0.2) is 0 Å². The summed E-state index contributed by atoms with van der Waals surface area (Å²) in [7, 11) is 0. The molecule has 0 atom stereocenters. The zero-order valence-electron chi connectivity index (χ0n) is 11.9. The largest absolute Gasteiger partial charge is 0.389 e. The number of aromatic nitrogens is 2. The quantitative estimate of drug-likeness (QED) is 0.881. The van der Waals surface area contributed by atoms with E-state index in [1.165, 1.54) is 17.7 Å². The first-order chi connectivity index (χ1) is 9.43. The molecule has 0 saturated heterocycles. The SMILES string of the molecule is CCc1c(C)nn(Cc2ccc(F)cc2C(N)=S)c1C. The summed E-state index contributed by atoms with van der Waals surface area (Å²) < 4.78 is 15.2. The average molecular weight is 291 g/mol. The molecule has 2 rings (SSSR count). The minimum Gasteiger partial charge on any atom is -0.389 e. The molecular weight excluding hydrogens is 273 g/mol. The van der Waals surface area contributed by atoms with Crippen molar-refractivity contribution < 1.29 is 4.39 Å². The van der Waals surface area contributed by atoms with Crippen molar-refractivity contribution in [3.63, 3.8) is 0 Å². The summed E-state index contributed by atoms with van der Waals surface area (Å²) in [4.78, 5) is 0.205. The van der Waals surface area contributed by atoms with Crippen molar-refractivity contribution in [2.75, 3.05) is 0 Å². The van der Waals surface area contributed by atoms with Crippen molar-refractivity contribution in [3.8, 4) is 0 Å². The highest BCUT2D eigenvalue weighted by Crippen LogP contribution is 2.18. The van der Waals surface area contributed by atoms with Gasteiger partial charge in [0.1, 0.15) is 10.8 Å². The summed E-state index contributed by atoms with van der Waals surface area (Å²) in [5.41, 5.74) is 10.5. The van der Waals surface area contributed by atoms with E-state index in [9.17, 15) is 4.39 Å². The molecular formula is C15H18FN3S. The van der Waals surface area contributed by atoms with Crippen LogP contribution in [0.1, 0.15) is 35.0 Å². The first-order valence-corrected chi connectivity index (χ1v) is 6.96. The molecule has 0 aliphatic carbocycles. The van der Waals surface area contributed by atoms with E-state index in [-0.39, 0.29) is 10.8 Å². The Hall–Kier alpha value is -1.75. The van der Waals surface area contributed by atoms with Crippen molar-refractivity contribution in [1.29, 1.82) is 0 Å². The Bertz CT molecular complexity index is 661. The molecule has 0 fully saturated rings. The topological polar surface area (TPSA) is 43.8 Å². The zero-order chi connectivity index (χ0) is 14.9. The molecule has 2 N–H and O–H groups in total. The van der Waals surface area contributed by atoms with E-state index < -0.39 is 0 Å². The number of hydrogen-bond acceptors (Lipinski definition) is 2. The van der Waals surface area contributed by atoms with Crippen LogP contribution < -0.4 is 5.73 Å². The number of benzene rings is 1. The zero-order valence-corrected chi connectivity index (χ0v) is 12.7. The predicted molar refractivity (Wildman–Crippen MR) is 82.5 cm³/mol. The number of halogens is 1. The van der Waals surface area contributed by atoms with E-state index in [0.29, 0.717) is 12.1 Å². The summed E-state index contributed by atoms with van der Waals surface area (Å²) in [6.07, 6.45) is 0.948. The Kier molecular flexibility index (Phi) is 4.18. The lowest BCUT2D eigenvalue weighted by Gasteiger charge is -2.10. The fourth-order valence-electron chi connectivity index (χ4n) is 2.48. The van der Waals surface area contributed by atoms with Crippen molar-refractivity contribution in [2.45, 2.75) is 33.7 Å². The lowest BCUT2D eigenvalue weighted by molar-refractivity contribution is 0.622. The average Bonchev–Trinajstić information content (AvgIpc) is 2.66. The molecule has 106 valence electrons. The van der Waals surface area contributed by atoms with Gasteiger partial charge in [0, 0.05) is 11.3 Å². The molecule has 0 aliphatic rings. The van der Waals surface area contributed by atoms with Crippen molar-refractivity contribution in [3.05, 3.63) is 52.1 Å². The van der Waals surface area contributed by atoms with Gasteiger partial charge in [0.2, 0.25) is 0 Å². The molecule has 1 aromatic heterocycles. The molecule has 3 nitrogen and oxygen atoms in total. The monoisotopic (exact) mass is 291 g/mol. The molecule has 1 aromatic carbocycles. The van der Waals surface area contributed by atoms with Gasteiger partial charge in [-0.15, -0.1) is 0 Å². The van der Waals surface area contributed by atoms with E-state index in [1.54, 1.807) is 6.07 Å². The van der Waals surface area contributed by atoms with Crippen molar-refractivity contribution >= 4 is 17.2 Å². The van der Waals surface area contributed by atoms with E-state index >= 15 is 0 Å². The summed E-state index contributed by atoms with van der Waals surface area (Å²) in [5.74, 6) is -0.334. The third-order valence-electron chi connectivity index (χ3n) is 3.54. The minimum absolute atomic E-state index is 0.205. The summed E-state index contributed by atoms with van der Waals surface area (Å²) in [5, 5.41) is 4.54. The molecule has 0 saturated carbocycles. The molecule has 2 aromatic rings. The second kappa shape index (κ2) is 5.71. The number of nitrogens with zero attached hydrogens (tertiary/aromatic N) is 2. The van der Waals surface area contributed by atoms with Crippen LogP contribution in [0.25, 0.3) is 0 Å². The Morgan fingerprint density at radius 1 is 1.40 bits per heavy atom. The van der Waals surface area contributed by atoms with Crippen LogP contribution >= 0.6 is 12.2 Å². The Morgan fingerprint density at radius 3 is 2.65 bits per heavy atom. The number of nitrogens with two attached hydrogens (primary N) is 1. The van der Waals surface area contributed by atoms with Gasteiger partial charge in [0.05, 0.1) is 12.2 Å². The van der Waals surface area contributed by atoms with Crippen LogP contribution in [-0.2, 0) is 13.0 Å². The summed E-state index contributed by atoms with van der Waals surface area (Å²) in [6.45, 7) is 6.70. The van der Waals surface area contributed by atoms with Gasteiger partial charge in [-0.2, -0.15) is 5.10 Å². The first-order valence-electron chi connectivity index (χ1n) is 6.55. The normalized spacial score (nSPS) is 10.8. The number of aryl methyl sites for hydroxylation is 1. The summed E-state index contributed by atoms with van der Waals surface area (Å²) in [6, 6.07) is 4.51. The molecule has 20 heavy (non-hydrogen) atoms. The van der Waals surface area contributed by atoms with Gasteiger partial charge in [-0.1, -0.05) is 25.2 Å². The van der Waals surface area contributed by atoms with E-state index in [4.69, 9.17) is 18.0 Å². The smallest absolute Gasteiger partial charge is 0.123 e. The highest BCUT2D eigenvalue weighted by molar-refractivity contribution is 7.80. The van der Waals surface area contributed by atoms with Crippen LogP contribution in [0.3, 0.4) is 0 Å².